The summed E-state index contributed by atoms with van der Waals surface area (Å²) in [6.07, 6.45) is 2.88. The number of carbonyl (C=O) groups is 3. The van der Waals surface area contributed by atoms with E-state index in [0.29, 0.717) is 12.0 Å². The molecule has 0 aromatic heterocycles. The standard InChI is InChI=1S/C28H23NO7/c29-27(35)23-20(31)11-16-9-15-10-18-17(14-7-12-3-1-2-4-13(12)8-14)5-6-19(30)22(18)24(32)21(15)25(33)28(16,36)26(23)34/h1-7,15-16,30-31,33,36H,8-11H2,(H2,29,35)/t15-,16+,28+/m1/s1. The summed E-state index contributed by atoms with van der Waals surface area (Å²) in [5.41, 5.74) is 6.49. The van der Waals surface area contributed by atoms with Gasteiger partial charge in [-0.05, 0) is 59.1 Å². The Morgan fingerprint density at radius 3 is 2.50 bits per heavy atom. The molecule has 0 spiro atoms. The predicted molar refractivity (Wildman–Crippen MR) is 129 cm³/mol. The molecule has 4 aliphatic carbocycles. The summed E-state index contributed by atoms with van der Waals surface area (Å²) in [5, 5.41) is 43.4. The lowest BCUT2D eigenvalue weighted by Crippen LogP contribution is -2.57. The topological polar surface area (TPSA) is 158 Å². The molecular formula is C28H23NO7. The molecule has 182 valence electrons. The van der Waals surface area contributed by atoms with Crippen LogP contribution in [0.5, 0.6) is 5.75 Å². The van der Waals surface area contributed by atoms with E-state index in [1.54, 1.807) is 6.07 Å². The summed E-state index contributed by atoms with van der Waals surface area (Å²) in [5.74, 6) is -6.26. The first-order valence-corrected chi connectivity index (χ1v) is 11.7. The van der Waals surface area contributed by atoms with Crippen LogP contribution in [0.2, 0.25) is 0 Å². The number of allylic oxidation sites excluding steroid dienone is 3. The van der Waals surface area contributed by atoms with Gasteiger partial charge in [0.05, 0.1) is 5.56 Å². The van der Waals surface area contributed by atoms with E-state index in [1.807, 2.05) is 24.3 Å². The minimum atomic E-state index is -2.56. The van der Waals surface area contributed by atoms with Gasteiger partial charge in [0, 0.05) is 17.9 Å². The van der Waals surface area contributed by atoms with Gasteiger partial charge in [-0.25, -0.2) is 0 Å². The second-order valence-corrected chi connectivity index (χ2v) is 9.94. The van der Waals surface area contributed by atoms with Crippen molar-refractivity contribution in [1.29, 1.82) is 0 Å². The van der Waals surface area contributed by atoms with Crippen LogP contribution in [0.1, 0.15) is 45.5 Å². The third kappa shape index (κ3) is 2.82. The van der Waals surface area contributed by atoms with Crippen LogP contribution >= 0.6 is 0 Å². The zero-order valence-corrected chi connectivity index (χ0v) is 19.1. The zero-order chi connectivity index (χ0) is 25.5. The van der Waals surface area contributed by atoms with Crippen molar-refractivity contribution in [2.45, 2.75) is 31.3 Å². The quantitative estimate of drug-likeness (QED) is 0.409. The first-order chi connectivity index (χ1) is 17.1. The second-order valence-electron chi connectivity index (χ2n) is 9.94. The molecule has 0 aliphatic heterocycles. The number of benzene rings is 2. The van der Waals surface area contributed by atoms with E-state index < -0.39 is 52.0 Å². The first kappa shape index (κ1) is 22.3. The Hall–Kier alpha value is -4.17. The molecule has 0 unspecified atom stereocenters. The lowest BCUT2D eigenvalue weighted by molar-refractivity contribution is -0.144. The van der Waals surface area contributed by atoms with E-state index in [9.17, 15) is 34.8 Å². The summed E-state index contributed by atoms with van der Waals surface area (Å²) in [7, 11) is 0. The summed E-state index contributed by atoms with van der Waals surface area (Å²) in [4.78, 5) is 38.5. The molecule has 3 atom stereocenters. The van der Waals surface area contributed by atoms with E-state index in [-0.39, 0.29) is 36.1 Å². The largest absolute Gasteiger partial charge is 0.511 e. The molecule has 0 saturated heterocycles. The Balaban J connectivity index is 1.48. The summed E-state index contributed by atoms with van der Waals surface area (Å²) in [6, 6.07) is 11.2. The van der Waals surface area contributed by atoms with Crippen LogP contribution in [0.25, 0.3) is 11.6 Å². The predicted octanol–water partition coefficient (Wildman–Crippen LogP) is 2.68. The Morgan fingerprint density at radius 1 is 1.03 bits per heavy atom. The van der Waals surface area contributed by atoms with Gasteiger partial charge in [0.1, 0.15) is 22.8 Å². The van der Waals surface area contributed by atoms with Gasteiger partial charge in [0.25, 0.3) is 5.91 Å². The SMILES string of the molecule is NC(=O)C1=C(O)C[C@@H]2C[C@@H]3Cc4c(C5=Cc6ccccc6C5)ccc(O)c4C(=O)C3=C(O)[C@]2(O)C1=O. The first-order valence-electron chi connectivity index (χ1n) is 11.7. The molecule has 2 aromatic rings. The van der Waals surface area contributed by atoms with Crippen LogP contribution in [0.3, 0.4) is 0 Å². The smallest absolute Gasteiger partial charge is 0.255 e. The number of aromatic hydroxyl groups is 1. The number of primary amides is 1. The van der Waals surface area contributed by atoms with E-state index in [4.69, 9.17) is 5.73 Å². The van der Waals surface area contributed by atoms with Gasteiger partial charge in [-0.3, -0.25) is 14.4 Å². The number of carbonyl (C=O) groups excluding carboxylic acids is 3. The van der Waals surface area contributed by atoms with Crippen molar-refractivity contribution >= 4 is 29.1 Å². The molecule has 0 radical (unpaired) electrons. The Kier molecular flexibility index (Phi) is 4.59. The van der Waals surface area contributed by atoms with Crippen molar-refractivity contribution in [2.75, 3.05) is 0 Å². The Bertz CT molecular complexity index is 1510. The van der Waals surface area contributed by atoms with Crippen LogP contribution in [0.4, 0.5) is 0 Å². The molecule has 0 heterocycles. The number of hydrogen-bond acceptors (Lipinski definition) is 7. The van der Waals surface area contributed by atoms with Crippen molar-refractivity contribution in [3.05, 3.63) is 86.9 Å². The normalized spacial score (nSPS) is 26.8. The number of phenols is 1. The van der Waals surface area contributed by atoms with E-state index in [0.717, 1.165) is 22.3 Å². The summed E-state index contributed by atoms with van der Waals surface area (Å²) in [6.45, 7) is 0. The molecular weight excluding hydrogens is 462 g/mol. The number of hydrogen-bond donors (Lipinski definition) is 5. The molecule has 8 heteroatoms. The van der Waals surface area contributed by atoms with Crippen LogP contribution in [0.15, 0.2) is 59.1 Å². The van der Waals surface area contributed by atoms with Gasteiger partial charge in [0.2, 0.25) is 5.78 Å². The molecule has 2 aromatic carbocycles. The Labute approximate surface area is 205 Å². The maximum atomic E-state index is 13.7. The molecule has 6 rings (SSSR count). The number of amides is 1. The molecule has 36 heavy (non-hydrogen) atoms. The molecule has 8 nitrogen and oxygen atoms in total. The third-order valence-electron chi connectivity index (χ3n) is 8.06. The number of Topliss-reactive ketones (excluding diaryl/α,β-unsaturated/α-hetero) is 2. The summed E-state index contributed by atoms with van der Waals surface area (Å²) >= 11 is 0. The highest BCUT2D eigenvalue weighted by Crippen LogP contribution is 2.52. The van der Waals surface area contributed by atoms with Crippen LogP contribution in [-0.4, -0.2) is 43.5 Å². The van der Waals surface area contributed by atoms with Crippen molar-refractivity contribution in [2.24, 2.45) is 17.6 Å². The summed E-state index contributed by atoms with van der Waals surface area (Å²) < 4.78 is 0. The maximum absolute atomic E-state index is 13.7. The van der Waals surface area contributed by atoms with E-state index in [2.05, 4.69) is 6.08 Å². The molecule has 4 aliphatic rings. The van der Waals surface area contributed by atoms with Gasteiger partial charge >= 0.3 is 0 Å². The van der Waals surface area contributed by atoms with Crippen LogP contribution in [-0.2, 0) is 22.4 Å². The lowest BCUT2D eigenvalue weighted by atomic mass is 9.60. The fraction of sp³-hybridized carbons (Fsp3) is 0.250. The highest BCUT2D eigenvalue weighted by atomic mass is 16.3. The highest BCUT2D eigenvalue weighted by Gasteiger charge is 2.59. The molecule has 0 fully saturated rings. The van der Waals surface area contributed by atoms with Crippen LogP contribution in [0, 0.1) is 11.8 Å². The van der Waals surface area contributed by atoms with Gasteiger partial charge < -0.3 is 26.2 Å². The third-order valence-corrected chi connectivity index (χ3v) is 8.06. The van der Waals surface area contributed by atoms with Crippen molar-refractivity contribution in [3.63, 3.8) is 0 Å². The van der Waals surface area contributed by atoms with E-state index >= 15 is 0 Å². The number of fused-ring (bicyclic) bond motifs is 4. The van der Waals surface area contributed by atoms with Gasteiger partial charge in [-0.15, -0.1) is 0 Å². The Morgan fingerprint density at radius 2 is 1.78 bits per heavy atom. The molecule has 1 amide bonds. The van der Waals surface area contributed by atoms with E-state index in [1.165, 1.54) is 6.07 Å². The van der Waals surface area contributed by atoms with Crippen LogP contribution < -0.4 is 5.73 Å². The highest BCUT2D eigenvalue weighted by molar-refractivity contribution is 6.24. The number of aliphatic hydroxyl groups excluding tert-OH is 2. The van der Waals surface area contributed by atoms with Crippen molar-refractivity contribution < 1.29 is 34.8 Å². The number of aliphatic hydroxyl groups is 3. The maximum Gasteiger partial charge on any atom is 0.255 e. The van der Waals surface area contributed by atoms with Crippen molar-refractivity contribution in [1.82, 2.24) is 0 Å². The molecule has 0 bridgehead atoms. The average Bonchev–Trinajstić information content (AvgIpc) is 3.25. The fourth-order valence-electron chi connectivity index (χ4n) is 6.37. The number of ketones is 2. The van der Waals surface area contributed by atoms with Gasteiger partial charge in [0.15, 0.2) is 11.4 Å². The minimum Gasteiger partial charge on any atom is -0.511 e. The van der Waals surface area contributed by atoms with Gasteiger partial charge in [-0.1, -0.05) is 36.4 Å². The zero-order valence-electron chi connectivity index (χ0n) is 19.1. The molecule has 6 N–H and O–H groups in total. The van der Waals surface area contributed by atoms with Crippen molar-refractivity contribution in [3.8, 4) is 5.75 Å². The lowest BCUT2D eigenvalue weighted by Gasteiger charge is -2.45. The molecule has 0 saturated carbocycles. The number of rotatable bonds is 2. The second kappa shape index (κ2) is 7.41. The average molecular weight is 485 g/mol. The monoisotopic (exact) mass is 485 g/mol. The number of phenolic OH excluding ortho intramolecular Hbond substituents is 1. The fourth-order valence-corrected chi connectivity index (χ4v) is 6.37. The minimum absolute atomic E-state index is 0.0287. The van der Waals surface area contributed by atoms with Gasteiger partial charge in [-0.2, -0.15) is 0 Å². The number of nitrogens with two attached hydrogens (primary N) is 1.